The van der Waals surface area contributed by atoms with E-state index in [-0.39, 0.29) is 0 Å². The molecule has 0 aromatic carbocycles. The molecule has 0 unspecified atom stereocenters. The van der Waals surface area contributed by atoms with Gasteiger partial charge in [0.25, 0.3) is 0 Å². The predicted octanol–water partition coefficient (Wildman–Crippen LogP) is 7.58. The summed E-state index contributed by atoms with van der Waals surface area (Å²) in [7, 11) is 0.392. The lowest BCUT2D eigenvalue weighted by atomic mass is 9.48. The van der Waals surface area contributed by atoms with E-state index in [1.165, 1.54) is 51.4 Å². The van der Waals surface area contributed by atoms with E-state index in [2.05, 4.69) is 39.8 Å². The standard InChI is InChI=1S/C24H37OP/c1-5-6-16(2)20-9-10-21-19-8-7-17-15-18(26-25)11-13-23(17,3)22(19)12-14-24(20,21)4/h9,12,16-19,21H,5-8,10-11,13-15H2,1-4H3/t16-,17-,18-,19+,21+,23+,24-/m1/s1. The van der Waals surface area contributed by atoms with Gasteiger partial charge in [0.15, 0.2) is 8.46 Å². The van der Waals surface area contributed by atoms with Crippen LogP contribution < -0.4 is 0 Å². The van der Waals surface area contributed by atoms with Crippen molar-refractivity contribution in [1.29, 1.82) is 0 Å². The van der Waals surface area contributed by atoms with Gasteiger partial charge in [-0.15, -0.1) is 0 Å². The highest BCUT2D eigenvalue weighted by molar-refractivity contribution is 7.24. The largest absolute Gasteiger partial charge is 0.275 e. The molecule has 0 bridgehead atoms. The monoisotopic (exact) mass is 372 g/mol. The second-order valence-corrected chi connectivity index (χ2v) is 11.2. The van der Waals surface area contributed by atoms with E-state index < -0.39 is 0 Å². The molecule has 0 heterocycles. The maximum absolute atomic E-state index is 11.4. The molecule has 0 aromatic rings. The minimum Gasteiger partial charge on any atom is -0.275 e. The summed E-state index contributed by atoms with van der Waals surface area (Å²) in [5.74, 6) is 3.16. The first kappa shape index (κ1) is 18.9. The van der Waals surface area contributed by atoms with Crippen LogP contribution >= 0.6 is 8.46 Å². The molecule has 2 fully saturated rings. The van der Waals surface area contributed by atoms with Gasteiger partial charge in [0.2, 0.25) is 0 Å². The van der Waals surface area contributed by atoms with Crippen LogP contribution in [0.25, 0.3) is 0 Å². The molecule has 2 heteroatoms. The normalized spacial score (nSPS) is 46.0. The smallest absolute Gasteiger partial charge is 0.158 e. The summed E-state index contributed by atoms with van der Waals surface area (Å²) in [6.07, 6.45) is 16.9. The highest BCUT2D eigenvalue weighted by Crippen LogP contribution is 2.65. The van der Waals surface area contributed by atoms with E-state index in [0.29, 0.717) is 24.9 Å². The summed E-state index contributed by atoms with van der Waals surface area (Å²) >= 11 is 0. The van der Waals surface area contributed by atoms with Crippen molar-refractivity contribution in [2.75, 3.05) is 0 Å². The summed E-state index contributed by atoms with van der Waals surface area (Å²) in [5, 5.41) is 0. The summed E-state index contributed by atoms with van der Waals surface area (Å²) in [6, 6.07) is 0. The van der Waals surface area contributed by atoms with E-state index in [0.717, 1.165) is 30.1 Å². The molecule has 7 atom stereocenters. The Labute approximate surface area is 162 Å². The van der Waals surface area contributed by atoms with Crippen molar-refractivity contribution in [2.24, 2.45) is 34.5 Å². The molecular formula is C24H37OP. The Morgan fingerprint density at radius 3 is 2.73 bits per heavy atom. The van der Waals surface area contributed by atoms with Gasteiger partial charge in [0.05, 0.1) is 0 Å². The van der Waals surface area contributed by atoms with Gasteiger partial charge < -0.3 is 0 Å². The molecule has 0 amide bonds. The molecule has 4 aliphatic rings. The van der Waals surface area contributed by atoms with Crippen molar-refractivity contribution in [2.45, 2.75) is 91.1 Å². The van der Waals surface area contributed by atoms with Gasteiger partial charge in [0, 0.05) is 5.66 Å². The Balaban J connectivity index is 1.61. The minimum atomic E-state index is 0.392. The fraction of sp³-hybridized carbons (Fsp3) is 0.833. The number of hydrogen-bond acceptors (Lipinski definition) is 1. The molecule has 144 valence electrons. The molecule has 2 saturated carbocycles. The van der Waals surface area contributed by atoms with Crippen LogP contribution in [0.4, 0.5) is 0 Å². The molecular weight excluding hydrogens is 335 g/mol. The number of rotatable bonds is 4. The second kappa shape index (κ2) is 6.88. The first-order valence-corrected chi connectivity index (χ1v) is 12.1. The zero-order valence-electron chi connectivity index (χ0n) is 17.3. The van der Waals surface area contributed by atoms with Gasteiger partial charge >= 0.3 is 0 Å². The van der Waals surface area contributed by atoms with Gasteiger partial charge in [0.1, 0.15) is 0 Å². The summed E-state index contributed by atoms with van der Waals surface area (Å²) < 4.78 is 11.4. The number of fused-ring (bicyclic) bond motifs is 5. The highest BCUT2D eigenvalue weighted by Gasteiger charge is 2.55. The van der Waals surface area contributed by atoms with Crippen molar-refractivity contribution in [3.63, 3.8) is 0 Å². The third-order valence-corrected chi connectivity index (χ3v) is 9.81. The molecule has 1 nitrogen and oxygen atoms in total. The van der Waals surface area contributed by atoms with Crippen LogP contribution in [-0.2, 0) is 4.57 Å². The topological polar surface area (TPSA) is 17.1 Å². The van der Waals surface area contributed by atoms with Crippen molar-refractivity contribution in [3.05, 3.63) is 23.3 Å². The van der Waals surface area contributed by atoms with Gasteiger partial charge in [-0.25, -0.2) is 0 Å². The van der Waals surface area contributed by atoms with Crippen LogP contribution in [-0.4, -0.2) is 5.66 Å². The highest BCUT2D eigenvalue weighted by atomic mass is 31.1. The second-order valence-electron chi connectivity index (χ2n) is 10.3. The van der Waals surface area contributed by atoms with Gasteiger partial charge in [-0.3, -0.25) is 4.57 Å². The van der Waals surface area contributed by atoms with E-state index >= 15 is 0 Å². The minimum absolute atomic E-state index is 0.392. The Hall–Kier alpha value is -0.420. The fourth-order valence-corrected chi connectivity index (χ4v) is 8.14. The van der Waals surface area contributed by atoms with Crippen molar-refractivity contribution in [3.8, 4) is 0 Å². The van der Waals surface area contributed by atoms with E-state index in [1.807, 2.05) is 5.57 Å². The van der Waals surface area contributed by atoms with Crippen molar-refractivity contribution < 1.29 is 4.57 Å². The lowest BCUT2D eigenvalue weighted by Crippen LogP contribution is -2.47. The molecule has 0 N–H and O–H groups in total. The van der Waals surface area contributed by atoms with Crippen LogP contribution in [0.1, 0.15) is 85.5 Å². The molecule has 26 heavy (non-hydrogen) atoms. The van der Waals surface area contributed by atoms with Gasteiger partial charge in [-0.05, 0) is 85.9 Å². The van der Waals surface area contributed by atoms with Crippen LogP contribution in [0, 0.1) is 34.5 Å². The zero-order chi connectivity index (χ0) is 18.5. The Kier molecular flexibility index (Phi) is 5.00. The molecule has 0 radical (unpaired) electrons. The average molecular weight is 373 g/mol. The molecule has 0 spiro atoms. The van der Waals surface area contributed by atoms with E-state index in [9.17, 15) is 4.57 Å². The van der Waals surface area contributed by atoms with Crippen LogP contribution in [0.5, 0.6) is 0 Å². The summed E-state index contributed by atoms with van der Waals surface area (Å²) in [5.41, 5.74) is 4.82. The number of allylic oxidation sites excluding steroid dienone is 4. The fourth-order valence-electron chi connectivity index (χ4n) is 7.56. The maximum Gasteiger partial charge on any atom is 0.158 e. The molecule has 0 aliphatic heterocycles. The Bertz CT molecular complexity index is 634. The average Bonchev–Trinajstić information content (AvgIpc) is 2.98. The summed E-state index contributed by atoms with van der Waals surface area (Å²) in [6.45, 7) is 9.92. The quantitative estimate of drug-likeness (QED) is 0.367. The third kappa shape index (κ3) is 2.71. The maximum atomic E-state index is 11.4. The lowest BCUT2D eigenvalue weighted by Gasteiger charge is -2.56. The predicted molar refractivity (Wildman–Crippen MR) is 111 cm³/mol. The molecule has 0 saturated heterocycles. The summed E-state index contributed by atoms with van der Waals surface area (Å²) in [4.78, 5) is 0. The Morgan fingerprint density at radius 2 is 2.00 bits per heavy atom. The van der Waals surface area contributed by atoms with Gasteiger partial charge in [-0.2, -0.15) is 0 Å². The molecule has 4 aliphatic carbocycles. The van der Waals surface area contributed by atoms with Crippen molar-refractivity contribution in [1.82, 2.24) is 0 Å². The van der Waals surface area contributed by atoms with Crippen LogP contribution in [0.2, 0.25) is 0 Å². The van der Waals surface area contributed by atoms with Gasteiger partial charge in [-0.1, -0.05) is 57.4 Å². The lowest BCUT2D eigenvalue weighted by molar-refractivity contribution is 0.0484. The number of hydrogen-bond donors (Lipinski definition) is 0. The van der Waals surface area contributed by atoms with Crippen molar-refractivity contribution >= 4 is 8.46 Å². The first-order valence-electron chi connectivity index (χ1n) is 11.2. The zero-order valence-corrected chi connectivity index (χ0v) is 18.2. The van der Waals surface area contributed by atoms with Crippen LogP contribution in [0.15, 0.2) is 23.3 Å². The first-order chi connectivity index (χ1) is 12.4. The molecule has 0 aromatic heterocycles. The SMILES string of the molecule is CCC[C@@H](C)C1=CC[C@H]2[C@@H]3CC[C@@H]4C[C@H](P=O)CC[C@]4(C)C3=CC[C@]12C. The van der Waals surface area contributed by atoms with E-state index in [1.54, 1.807) is 5.57 Å². The Morgan fingerprint density at radius 1 is 1.19 bits per heavy atom. The molecule has 4 rings (SSSR count). The third-order valence-electron chi connectivity index (χ3n) is 9.04. The van der Waals surface area contributed by atoms with E-state index in [4.69, 9.17) is 0 Å². The van der Waals surface area contributed by atoms with Crippen LogP contribution in [0.3, 0.4) is 0 Å².